The molecule has 6 heteroatoms. The molecular formula is C13H13N5O. The number of nitrogens with one attached hydrogen (secondary N) is 1. The number of hydrazine groups is 1. The number of ether oxygens (including phenoxy) is 1. The van der Waals surface area contributed by atoms with E-state index in [0.29, 0.717) is 29.4 Å². The molecule has 0 saturated carbocycles. The lowest BCUT2D eigenvalue weighted by molar-refractivity contribution is 0.454. The topological polar surface area (TPSA) is 96.8 Å². The first-order valence-corrected chi connectivity index (χ1v) is 5.77. The summed E-state index contributed by atoms with van der Waals surface area (Å²) in [5.41, 5.74) is 3.72. The zero-order valence-corrected chi connectivity index (χ0v) is 10.4. The molecule has 0 fully saturated rings. The van der Waals surface area contributed by atoms with Crippen LogP contribution in [0.3, 0.4) is 0 Å². The number of aromatic nitrogens is 2. The highest BCUT2D eigenvalue weighted by atomic mass is 16.5. The zero-order valence-electron chi connectivity index (χ0n) is 10.4. The summed E-state index contributed by atoms with van der Waals surface area (Å²) in [6.07, 6.45) is 2.02. The van der Waals surface area contributed by atoms with Gasteiger partial charge in [0.1, 0.15) is 24.0 Å². The molecule has 0 saturated heterocycles. The smallest absolute Gasteiger partial charge is 0.227 e. The summed E-state index contributed by atoms with van der Waals surface area (Å²) in [5.74, 6) is 6.77. The second-order valence-electron chi connectivity index (χ2n) is 3.71. The van der Waals surface area contributed by atoms with Crippen LogP contribution in [0.15, 0.2) is 30.6 Å². The minimum atomic E-state index is 0.396. The molecule has 96 valence electrons. The Hall–Kier alpha value is -2.65. The molecule has 0 unspecified atom stereocenters. The largest absolute Gasteiger partial charge is 0.437 e. The van der Waals surface area contributed by atoms with Crippen molar-refractivity contribution in [3.63, 3.8) is 0 Å². The maximum atomic E-state index is 9.03. The van der Waals surface area contributed by atoms with E-state index in [9.17, 15) is 0 Å². The van der Waals surface area contributed by atoms with Gasteiger partial charge in [-0.1, -0.05) is 19.1 Å². The fourth-order valence-electron chi connectivity index (χ4n) is 1.68. The number of nitrogens with zero attached hydrogens (tertiary/aromatic N) is 3. The van der Waals surface area contributed by atoms with Crippen molar-refractivity contribution in [2.75, 3.05) is 5.43 Å². The van der Waals surface area contributed by atoms with Crippen LogP contribution in [0.25, 0.3) is 0 Å². The maximum absolute atomic E-state index is 9.03. The molecule has 1 heterocycles. The Morgan fingerprint density at radius 3 is 2.84 bits per heavy atom. The van der Waals surface area contributed by atoms with Crippen LogP contribution in [-0.4, -0.2) is 9.97 Å². The van der Waals surface area contributed by atoms with Gasteiger partial charge in [-0.2, -0.15) is 5.26 Å². The molecule has 0 aliphatic rings. The van der Waals surface area contributed by atoms with Crippen molar-refractivity contribution >= 4 is 5.82 Å². The summed E-state index contributed by atoms with van der Waals surface area (Å²) in [6, 6.07) is 9.05. The lowest BCUT2D eigenvalue weighted by Gasteiger charge is -2.12. The second-order valence-corrected chi connectivity index (χ2v) is 3.71. The van der Waals surface area contributed by atoms with Gasteiger partial charge >= 0.3 is 0 Å². The molecule has 0 aliphatic heterocycles. The molecule has 0 aliphatic carbocycles. The van der Waals surface area contributed by atoms with Crippen LogP contribution in [-0.2, 0) is 6.42 Å². The Balaban J connectivity index is 2.41. The Morgan fingerprint density at radius 2 is 2.16 bits per heavy atom. The van der Waals surface area contributed by atoms with Crippen LogP contribution >= 0.6 is 0 Å². The van der Waals surface area contributed by atoms with Gasteiger partial charge in [0, 0.05) is 0 Å². The van der Waals surface area contributed by atoms with E-state index >= 15 is 0 Å². The van der Waals surface area contributed by atoms with Gasteiger partial charge in [-0.15, -0.1) is 0 Å². The third kappa shape index (κ3) is 2.61. The van der Waals surface area contributed by atoms with Crippen LogP contribution in [0.5, 0.6) is 11.6 Å². The molecule has 0 amide bonds. The fraction of sp³-hybridized carbons (Fsp3) is 0.154. The van der Waals surface area contributed by atoms with E-state index in [4.69, 9.17) is 15.8 Å². The quantitative estimate of drug-likeness (QED) is 0.640. The predicted octanol–water partition coefficient (Wildman–Crippen LogP) is 1.99. The van der Waals surface area contributed by atoms with Gasteiger partial charge in [-0.3, -0.25) is 0 Å². The molecule has 2 rings (SSSR count). The number of hydrogen-bond acceptors (Lipinski definition) is 6. The number of benzene rings is 1. The summed E-state index contributed by atoms with van der Waals surface area (Å²) in [4.78, 5) is 8.11. The predicted molar refractivity (Wildman–Crippen MR) is 70.5 cm³/mol. The number of hydrogen-bond donors (Lipinski definition) is 2. The van der Waals surface area contributed by atoms with Crippen molar-refractivity contribution in [1.82, 2.24) is 9.97 Å². The average Bonchev–Trinajstić information content (AvgIpc) is 2.47. The van der Waals surface area contributed by atoms with E-state index in [1.54, 1.807) is 24.3 Å². The highest BCUT2D eigenvalue weighted by molar-refractivity contribution is 5.50. The highest BCUT2D eigenvalue weighted by Gasteiger charge is 2.12. The van der Waals surface area contributed by atoms with Crippen LogP contribution < -0.4 is 16.0 Å². The second kappa shape index (κ2) is 5.80. The fourth-order valence-corrected chi connectivity index (χ4v) is 1.68. The molecule has 3 N–H and O–H groups in total. The third-order valence-electron chi connectivity index (χ3n) is 2.61. The van der Waals surface area contributed by atoms with Gasteiger partial charge in [0.05, 0.1) is 11.1 Å². The van der Waals surface area contributed by atoms with Gasteiger partial charge < -0.3 is 10.2 Å². The summed E-state index contributed by atoms with van der Waals surface area (Å²) >= 11 is 0. The summed E-state index contributed by atoms with van der Waals surface area (Å²) in [7, 11) is 0. The lowest BCUT2D eigenvalue weighted by atomic mass is 10.2. The van der Waals surface area contributed by atoms with E-state index < -0.39 is 0 Å². The third-order valence-corrected chi connectivity index (χ3v) is 2.61. The molecule has 1 aromatic heterocycles. The highest BCUT2D eigenvalue weighted by Crippen LogP contribution is 2.28. The first-order chi connectivity index (χ1) is 9.30. The number of para-hydroxylation sites is 1. The summed E-state index contributed by atoms with van der Waals surface area (Å²) < 4.78 is 5.70. The van der Waals surface area contributed by atoms with Crippen molar-refractivity contribution in [2.24, 2.45) is 5.84 Å². The molecule has 0 bridgehead atoms. The summed E-state index contributed by atoms with van der Waals surface area (Å²) in [5, 5.41) is 9.03. The van der Waals surface area contributed by atoms with Crippen molar-refractivity contribution < 1.29 is 4.74 Å². The Morgan fingerprint density at radius 1 is 1.37 bits per heavy atom. The average molecular weight is 255 g/mol. The first kappa shape index (κ1) is 12.8. The van der Waals surface area contributed by atoms with Crippen molar-refractivity contribution in [3.8, 4) is 17.7 Å². The van der Waals surface area contributed by atoms with E-state index in [1.165, 1.54) is 6.33 Å². The van der Waals surface area contributed by atoms with Crippen LogP contribution in [0.1, 0.15) is 18.1 Å². The van der Waals surface area contributed by atoms with Crippen molar-refractivity contribution in [2.45, 2.75) is 13.3 Å². The standard InChI is InChI=1S/C13H13N5O/c1-2-10-12(18-15)16-8-17-13(10)19-11-6-4-3-5-9(11)7-14/h3-6,8H,2,15H2,1H3,(H,16,17,18). The molecule has 19 heavy (non-hydrogen) atoms. The Kier molecular flexibility index (Phi) is 3.90. The molecule has 0 radical (unpaired) electrons. The van der Waals surface area contributed by atoms with Crippen LogP contribution in [0.2, 0.25) is 0 Å². The van der Waals surface area contributed by atoms with E-state index in [0.717, 1.165) is 5.56 Å². The molecule has 0 atom stereocenters. The van der Waals surface area contributed by atoms with Gasteiger partial charge in [0.2, 0.25) is 5.88 Å². The van der Waals surface area contributed by atoms with Gasteiger partial charge in [0.15, 0.2) is 0 Å². The Labute approximate surface area is 110 Å². The van der Waals surface area contributed by atoms with Gasteiger partial charge in [0.25, 0.3) is 0 Å². The van der Waals surface area contributed by atoms with Crippen molar-refractivity contribution in [3.05, 3.63) is 41.7 Å². The minimum absolute atomic E-state index is 0.396. The van der Waals surface area contributed by atoms with Crippen molar-refractivity contribution in [1.29, 1.82) is 5.26 Å². The minimum Gasteiger partial charge on any atom is -0.437 e. The number of rotatable bonds is 4. The number of nitrogen functional groups attached to an aromatic ring is 1. The zero-order chi connectivity index (χ0) is 13.7. The number of nitrogens with two attached hydrogens (primary N) is 1. The first-order valence-electron chi connectivity index (χ1n) is 5.77. The van der Waals surface area contributed by atoms with E-state index in [1.807, 2.05) is 6.92 Å². The van der Waals surface area contributed by atoms with E-state index in [-0.39, 0.29) is 0 Å². The SMILES string of the molecule is CCc1c(NN)ncnc1Oc1ccccc1C#N. The normalized spacial score (nSPS) is 9.74. The molecule has 6 nitrogen and oxygen atoms in total. The molecule has 1 aromatic carbocycles. The Bertz CT molecular complexity index is 621. The number of nitriles is 1. The molecule has 0 spiro atoms. The summed E-state index contributed by atoms with van der Waals surface area (Å²) in [6.45, 7) is 1.95. The molecule has 2 aromatic rings. The maximum Gasteiger partial charge on any atom is 0.227 e. The van der Waals surface area contributed by atoms with E-state index in [2.05, 4.69) is 21.5 Å². The molecular weight excluding hydrogens is 242 g/mol. The lowest BCUT2D eigenvalue weighted by Crippen LogP contribution is -2.12. The van der Waals surface area contributed by atoms with Crippen LogP contribution in [0.4, 0.5) is 5.82 Å². The van der Waals surface area contributed by atoms with Gasteiger partial charge in [-0.05, 0) is 18.6 Å². The monoisotopic (exact) mass is 255 g/mol. The van der Waals surface area contributed by atoms with Gasteiger partial charge in [-0.25, -0.2) is 15.8 Å². The van der Waals surface area contributed by atoms with Crippen LogP contribution in [0, 0.1) is 11.3 Å². The number of anilines is 1.